The summed E-state index contributed by atoms with van der Waals surface area (Å²) in [6.07, 6.45) is 0.789. The fourth-order valence-corrected chi connectivity index (χ4v) is 4.33. The van der Waals surface area contributed by atoms with Crippen molar-refractivity contribution in [3.05, 3.63) is 16.2 Å². The molecule has 1 fully saturated rings. The smallest absolute Gasteiger partial charge is 0.304 e. The molecule has 1 aromatic heterocycles. The lowest BCUT2D eigenvalue weighted by atomic mass is 10.0. The Hall–Kier alpha value is -1.23. The summed E-state index contributed by atoms with van der Waals surface area (Å²) in [6, 6.07) is 0.983. The van der Waals surface area contributed by atoms with Gasteiger partial charge in [0.15, 0.2) is 5.00 Å². The van der Waals surface area contributed by atoms with Gasteiger partial charge in [0, 0.05) is 25.1 Å². The molecule has 0 bridgehead atoms. The molecular formula is C10H15N3O5S2. The third-order valence-corrected chi connectivity index (χ3v) is 6.10. The third kappa shape index (κ3) is 3.08. The standard InChI is InChI=1S/C10H15N3O5S2/c1-6-7(2-3-18-6)5-12-20(16,17)9-4-8(13(14)15)10(11)19-9/h4,6-7,12H,2-3,5,11H2,1H3. The number of nitrogens with one attached hydrogen (secondary N) is 1. The second kappa shape index (κ2) is 5.64. The minimum absolute atomic E-state index is 0.000409. The summed E-state index contributed by atoms with van der Waals surface area (Å²) in [6.45, 7) is 2.75. The molecule has 0 aliphatic carbocycles. The van der Waals surface area contributed by atoms with Crippen LogP contribution in [0.1, 0.15) is 13.3 Å². The summed E-state index contributed by atoms with van der Waals surface area (Å²) in [5, 5.41) is 10.6. The zero-order chi connectivity index (χ0) is 14.9. The van der Waals surface area contributed by atoms with E-state index in [1.807, 2.05) is 6.92 Å². The number of rotatable bonds is 5. The molecule has 0 saturated carbocycles. The van der Waals surface area contributed by atoms with Crippen molar-refractivity contribution in [3.8, 4) is 0 Å². The highest BCUT2D eigenvalue weighted by molar-refractivity contribution is 7.91. The average Bonchev–Trinajstić information content (AvgIpc) is 2.93. The summed E-state index contributed by atoms with van der Waals surface area (Å²) in [7, 11) is -3.78. The number of hydrogen-bond donors (Lipinski definition) is 2. The Morgan fingerprint density at radius 3 is 2.85 bits per heavy atom. The molecule has 2 unspecified atom stereocenters. The van der Waals surface area contributed by atoms with Gasteiger partial charge >= 0.3 is 5.69 Å². The van der Waals surface area contributed by atoms with Crippen LogP contribution in [0.25, 0.3) is 0 Å². The van der Waals surface area contributed by atoms with Crippen molar-refractivity contribution in [1.29, 1.82) is 0 Å². The van der Waals surface area contributed by atoms with Crippen LogP contribution in [0.3, 0.4) is 0 Å². The number of ether oxygens (including phenoxy) is 1. The number of thiophene rings is 1. The van der Waals surface area contributed by atoms with Crippen molar-refractivity contribution >= 4 is 32.0 Å². The van der Waals surface area contributed by atoms with E-state index in [0.29, 0.717) is 17.9 Å². The highest BCUT2D eigenvalue weighted by atomic mass is 32.2. The number of nitro groups is 1. The van der Waals surface area contributed by atoms with Crippen molar-refractivity contribution in [2.75, 3.05) is 18.9 Å². The molecular weight excluding hydrogens is 306 g/mol. The van der Waals surface area contributed by atoms with E-state index < -0.39 is 14.9 Å². The fourth-order valence-electron chi connectivity index (χ4n) is 1.98. The van der Waals surface area contributed by atoms with E-state index in [1.54, 1.807) is 0 Å². The first kappa shape index (κ1) is 15.2. The SMILES string of the molecule is CC1OCCC1CNS(=O)(=O)c1cc([N+](=O)[O-])c(N)s1. The maximum atomic E-state index is 12.1. The molecule has 8 nitrogen and oxygen atoms in total. The van der Waals surface area contributed by atoms with Gasteiger partial charge in [0.05, 0.1) is 11.0 Å². The first-order valence-electron chi connectivity index (χ1n) is 5.96. The maximum absolute atomic E-state index is 12.1. The molecule has 0 spiro atoms. The number of nitrogen functional groups attached to an aromatic ring is 1. The molecule has 1 aliphatic heterocycles. The first-order chi connectivity index (χ1) is 9.31. The molecule has 0 aromatic carbocycles. The largest absolute Gasteiger partial charge is 0.385 e. The van der Waals surface area contributed by atoms with E-state index in [2.05, 4.69) is 4.72 Å². The van der Waals surface area contributed by atoms with Crippen LogP contribution >= 0.6 is 11.3 Å². The summed E-state index contributed by atoms with van der Waals surface area (Å²) in [5.74, 6) is 0.108. The lowest BCUT2D eigenvalue weighted by Crippen LogP contribution is -2.31. The van der Waals surface area contributed by atoms with E-state index in [4.69, 9.17) is 10.5 Å². The van der Waals surface area contributed by atoms with E-state index in [1.165, 1.54) is 0 Å². The minimum Gasteiger partial charge on any atom is -0.385 e. The van der Waals surface area contributed by atoms with Gasteiger partial charge in [-0.3, -0.25) is 10.1 Å². The summed E-state index contributed by atoms with van der Waals surface area (Å²) in [4.78, 5) is 9.98. The summed E-state index contributed by atoms with van der Waals surface area (Å²) >= 11 is 0.687. The van der Waals surface area contributed by atoms with Gasteiger partial charge in [-0.1, -0.05) is 11.3 Å². The number of nitrogens with two attached hydrogens (primary N) is 1. The number of sulfonamides is 1. The number of hydrogen-bond acceptors (Lipinski definition) is 7. The van der Waals surface area contributed by atoms with Gasteiger partial charge in [0.2, 0.25) is 10.0 Å². The van der Waals surface area contributed by atoms with Crippen molar-refractivity contribution in [3.63, 3.8) is 0 Å². The third-order valence-electron chi connectivity index (χ3n) is 3.25. The van der Waals surface area contributed by atoms with Crippen molar-refractivity contribution in [2.24, 2.45) is 5.92 Å². The number of anilines is 1. The lowest BCUT2D eigenvalue weighted by molar-refractivity contribution is -0.383. The second-order valence-corrected chi connectivity index (χ2v) is 7.63. The predicted molar refractivity (Wildman–Crippen MR) is 74.1 cm³/mol. The zero-order valence-corrected chi connectivity index (χ0v) is 12.4. The Labute approximate surface area is 120 Å². The Morgan fingerprint density at radius 2 is 2.35 bits per heavy atom. The molecule has 0 amide bonds. The van der Waals surface area contributed by atoms with Gasteiger partial charge in [-0.15, -0.1) is 0 Å². The normalized spacial score (nSPS) is 23.1. The van der Waals surface area contributed by atoms with Crippen LogP contribution in [0, 0.1) is 16.0 Å². The van der Waals surface area contributed by atoms with E-state index in [0.717, 1.165) is 12.5 Å². The molecule has 20 heavy (non-hydrogen) atoms. The van der Waals surface area contributed by atoms with Crippen molar-refractivity contribution in [1.82, 2.24) is 4.72 Å². The Kier molecular flexibility index (Phi) is 4.28. The monoisotopic (exact) mass is 321 g/mol. The Bertz CT molecular complexity index is 612. The molecule has 112 valence electrons. The predicted octanol–water partition coefficient (Wildman–Crippen LogP) is 0.942. The van der Waals surface area contributed by atoms with Crippen LogP contribution in [-0.2, 0) is 14.8 Å². The van der Waals surface area contributed by atoms with Crippen LogP contribution in [0.2, 0.25) is 0 Å². The van der Waals surface area contributed by atoms with Gasteiger partial charge < -0.3 is 10.5 Å². The molecule has 3 N–H and O–H groups in total. The van der Waals surface area contributed by atoms with E-state index in [9.17, 15) is 18.5 Å². The molecule has 2 atom stereocenters. The highest BCUT2D eigenvalue weighted by Gasteiger charge is 2.28. The first-order valence-corrected chi connectivity index (χ1v) is 8.26. The van der Waals surface area contributed by atoms with E-state index >= 15 is 0 Å². The Balaban J connectivity index is 2.10. The average molecular weight is 321 g/mol. The van der Waals surface area contributed by atoms with Gasteiger partial charge in [-0.2, -0.15) is 0 Å². The Morgan fingerprint density at radius 1 is 1.65 bits per heavy atom. The van der Waals surface area contributed by atoms with Crippen LogP contribution in [0.15, 0.2) is 10.3 Å². The summed E-state index contributed by atoms with van der Waals surface area (Å²) in [5.41, 5.74) is 5.06. The molecule has 10 heteroatoms. The van der Waals surface area contributed by atoms with Crippen molar-refractivity contribution in [2.45, 2.75) is 23.7 Å². The van der Waals surface area contributed by atoms with Gasteiger partial charge in [0.25, 0.3) is 0 Å². The van der Waals surface area contributed by atoms with Crippen LogP contribution in [-0.4, -0.2) is 32.6 Å². The van der Waals surface area contributed by atoms with E-state index in [-0.39, 0.29) is 33.5 Å². The van der Waals surface area contributed by atoms with Gasteiger partial charge in [0.1, 0.15) is 4.21 Å². The van der Waals surface area contributed by atoms with Crippen LogP contribution in [0.5, 0.6) is 0 Å². The molecule has 1 aromatic rings. The molecule has 1 aliphatic rings. The number of nitrogens with zero attached hydrogens (tertiary/aromatic N) is 1. The van der Waals surface area contributed by atoms with Crippen LogP contribution < -0.4 is 10.5 Å². The molecule has 2 heterocycles. The fraction of sp³-hybridized carbons (Fsp3) is 0.600. The summed E-state index contributed by atoms with van der Waals surface area (Å²) < 4.78 is 31.8. The lowest BCUT2D eigenvalue weighted by Gasteiger charge is -2.14. The van der Waals surface area contributed by atoms with Crippen LogP contribution in [0.4, 0.5) is 10.7 Å². The van der Waals surface area contributed by atoms with Crippen molar-refractivity contribution < 1.29 is 18.1 Å². The second-order valence-electron chi connectivity index (χ2n) is 4.55. The van der Waals surface area contributed by atoms with Gasteiger partial charge in [-0.05, 0) is 13.3 Å². The minimum atomic E-state index is -3.78. The topological polar surface area (TPSA) is 125 Å². The molecule has 2 rings (SSSR count). The molecule has 1 saturated heterocycles. The quantitative estimate of drug-likeness (QED) is 0.614. The maximum Gasteiger partial charge on any atom is 0.304 e. The highest BCUT2D eigenvalue weighted by Crippen LogP contribution is 2.34. The van der Waals surface area contributed by atoms with Gasteiger partial charge in [-0.25, -0.2) is 13.1 Å². The molecule has 0 radical (unpaired) electrons. The zero-order valence-electron chi connectivity index (χ0n) is 10.7.